The van der Waals surface area contributed by atoms with Gasteiger partial charge >= 0.3 is 0 Å². The number of hydrogen-bond donors (Lipinski definition) is 1. The SMILES string of the molecule is COC(C)Cc1nc(C(C)O)cs1. The number of methoxy groups -OCH3 is 1. The van der Waals surface area contributed by atoms with Gasteiger partial charge in [-0.25, -0.2) is 4.98 Å². The molecule has 1 aromatic rings. The smallest absolute Gasteiger partial charge is 0.0955 e. The van der Waals surface area contributed by atoms with Crippen LogP contribution in [0.15, 0.2) is 5.38 Å². The predicted molar refractivity (Wildman–Crippen MR) is 52.9 cm³/mol. The molecule has 0 radical (unpaired) electrons. The number of ether oxygens (including phenoxy) is 1. The quantitative estimate of drug-likeness (QED) is 0.807. The first-order chi connectivity index (χ1) is 6.13. The number of aliphatic hydroxyl groups excluding tert-OH is 1. The molecule has 13 heavy (non-hydrogen) atoms. The van der Waals surface area contributed by atoms with Crippen LogP contribution in [0.25, 0.3) is 0 Å². The second-order valence-corrected chi connectivity index (χ2v) is 4.04. The summed E-state index contributed by atoms with van der Waals surface area (Å²) >= 11 is 1.57. The van der Waals surface area contributed by atoms with Gasteiger partial charge in [-0.3, -0.25) is 0 Å². The summed E-state index contributed by atoms with van der Waals surface area (Å²) in [7, 11) is 1.69. The fourth-order valence-electron chi connectivity index (χ4n) is 0.940. The van der Waals surface area contributed by atoms with Crippen molar-refractivity contribution in [2.45, 2.75) is 32.5 Å². The van der Waals surface area contributed by atoms with Gasteiger partial charge in [-0.15, -0.1) is 11.3 Å². The standard InChI is InChI=1S/C9H15NO2S/c1-6(12-3)4-9-10-8(5-13-9)7(2)11/h5-7,11H,4H2,1-3H3. The molecule has 0 saturated heterocycles. The molecule has 0 saturated carbocycles. The molecule has 0 aliphatic heterocycles. The van der Waals surface area contributed by atoms with Crippen LogP contribution in [-0.2, 0) is 11.2 Å². The van der Waals surface area contributed by atoms with Gasteiger partial charge in [0.25, 0.3) is 0 Å². The second kappa shape index (κ2) is 4.69. The zero-order valence-electron chi connectivity index (χ0n) is 8.15. The molecule has 2 atom stereocenters. The summed E-state index contributed by atoms with van der Waals surface area (Å²) in [4.78, 5) is 4.29. The van der Waals surface area contributed by atoms with E-state index in [9.17, 15) is 5.11 Å². The van der Waals surface area contributed by atoms with Crippen LogP contribution >= 0.6 is 11.3 Å². The number of aliphatic hydroxyl groups is 1. The second-order valence-electron chi connectivity index (χ2n) is 3.09. The minimum absolute atomic E-state index is 0.188. The van der Waals surface area contributed by atoms with Crippen LogP contribution in [0.1, 0.15) is 30.7 Å². The summed E-state index contributed by atoms with van der Waals surface area (Å²) in [6.07, 6.45) is 0.532. The van der Waals surface area contributed by atoms with E-state index in [1.807, 2.05) is 12.3 Å². The lowest BCUT2D eigenvalue weighted by Crippen LogP contribution is -2.08. The molecule has 0 aromatic carbocycles. The summed E-state index contributed by atoms with van der Waals surface area (Å²) in [6.45, 7) is 3.72. The van der Waals surface area contributed by atoms with Crippen molar-refractivity contribution in [3.8, 4) is 0 Å². The summed E-state index contributed by atoms with van der Waals surface area (Å²) in [5, 5.41) is 12.2. The van der Waals surface area contributed by atoms with Gasteiger partial charge < -0.3 is 9.84 Å². The Labute approximate surface area is 82.4 Å². The Bertz CT molecular complexity index is 260. The molecule has 4 heteroatoms. The van der Waals surface area contributed by atoms with Gasteiger partial charge in [0, 0.05) is 18.9 Å². The molecular weight excluding hydrogens is 186 g/mol. The fourth-order valence-corrected chi connectivity index (χ4v) is 1.94. The van der Waals surface area contributed by atoms with Crippen LogP contribution in [0.3, 0.4) is 0 Å². The molecule has 0 spiro atoms. The van der Waals surface area contributed by atoms with Crippen LogP contribution in [0, 0.1) is 0 Å². The summed E-state index contributed by atoms with van der Waals surface area (Å²) in [5.74, 6) is 0. The van der Waals surface area contributed by atoms with Gasteiger partial charge in [-0.05, 0) is 13.8 Å². The van der Waals surface area contributed by atoms with Gasteiger partial charge in [-0.1, -0.05) is 0 Å². The molecule has 74 valence electrons. The molecule has 1 rings (SSSR count). The molecular formula is C9H15NO2S. The molecule has 0 fully saturated rings. The minimum Gasteiger partial charge on any atom is -0.387 e. The molecule has 1 N–H and O–H groups in total. The lowest BCUT2D eigenvalue weighted by atomic mass is 10.3. The topological polar surface area (TPSA) is 42.4 Å². The largest absolute Gasteiger partial charge is 0.387 e. The average Bonchev–Trinajstić information content (AvgIpc) is 2.52. The highest BCUT2D eigenvalue weighted by Gasteiger charge is 2.09. The third-order valence-electron chi connectivity index (χ3n) is 1.86. The highest BCUT2D eigenvalue weighted by molar-refractivity contribution is 7.09. The normalized spacial score (nSPS) is 15.7. The van der Waals surface area contributed by atoms with Crippen molar-refractivity contribution in [3.05, 3.63) is 16.1 Å². The lowest BCUT2D eigenvalue weighted by Gasteiger charge is -2.05. The summed E-state index contributed by atoms with van der Waals surface area (Å²) < 4.78 is 5.13. The van der Waals surface area contributed by atoms with Gasteiger partial charge in [0.05, 0.1) is 22.9 Å². The van der Waals surface area contributed by atoms with Crippen molar-refractivity contribution < 1.29 is 9.84 Å². The first-order valence-corrected chi connectivity index (χ1v) is 5.16. The van der Waals surface area contributed by atoms with Crippen molar-refractivity contribution in [2.24, 2.45) is 0 Å². The van der Waals surface area contributed by atoms with Crippen LogP contribution in [-0.4, -0.2) is 23.3 Å². The van der Waals surface area contributed by atoms with Crippen molar-refractivity contribution in [1.82, 2.24) is 4.98 Å². The number of nitrogens with zero attached hydrogens (tertiary/aromatic N) is 1. The maximum Gasteiger partial charge on any atom is 0.0955 e. The van der Waals surface area contributed by atoms with E-state index in [-0.39, 0.29) is 6.10 Å². The molecule has 0 bridgehead atoms. The number of hydrogen-bond acceptors (Lipinski definition) is 4. The van der Waals surface area contributed by atoms with Crippen molar-refractivity contribution in [1.29, 1.82) is 0 Å². The van der Waals surface area contributed by atoms with E-state index in [1.165, 1.54) is 0 Å². The van der Waals surface area contributed by atoms with Crippen LogP contribution in [0.4, 0.5) is 0 Å². The van der Waals surface area contributed by atoms with Crippen LogP contribution in [0.5, 0.6) is 0 Å². The maximum atomic E-state index is 9.24. The van der Waals surface area contributed by atoms with E-state index in [2.05, 4.69) is 4.98 Å². The lowest BCUT2D eigenvalue weighted by molar-refractivity contribution is 0.118. The molecule has 3 nitrogen and oxygen atoms in total. The van der Waals surface area contributed by atoms with Gasteiger partial charge in [-0.2, -0.15) is 0 Å². The Kier molecular flexibility index (Phi) is 3.84. The summed E-state index contributed by atoms with van der Waals surface area (Å²) in [5.41, 5.74) is 0.753. The maximum absolute atomic E-state index is 9.24. The van der Waals surface area contributed by atoms with Crippen molar-refractivity contribution >= 4 is 11.3 Å². The molecule has 2 unspecified atom stereocenters. The average molecular weight is 201 g/mol. The Hall–Kier alpha value is -0.450. The van der Waals surface area contributed by atoms with Crippen LogP contribution < -0.4 is 0 Å². The zero-order valence-corrected chi connectivity index (χ0v) is 8.97. The first kappa shape index (κ1) is 10.6. The zero-order chi connectivity index (χ0) is 9.84. The van der Waals surface area contributed by atoms with E-state index in [0.29, 0.717) is 0 Å². The summed E-state index contributed by atoms with van der Waals surface area (Å²) in [6, 6.07) is 0. The predicted octanol–water partition coefficient (Wildman–Crippen LogP) is 1.77. The van der Waals surface area contributed by atoms with E-state index in [4.69, 9.17) is 4.74 Å². The van der Waals surface area contributed by atoms with Gasteiger partial charge in [0.2, 0.25) is 0 Å². The van der Waals surface area contributed by atoms with Crippen molar-refractivity contribution in [2.75, 3.05) is 7.11 Å². The highest BCUT2D eigenvalue weighted by Crippen LogP contribution is 2.17. The Morgan fingerprint density at radius 1 is 1.62 bits per heavy atom. The third-order valence-corrected chi connectivity index (χ3v) is 2.75. The van der Waals surface area contributed by atoms with Gasteiger partial charge in [0.1, 0.15) is 0 Å². The van der Waals surface area contributed by atoms with E-state index < -0.39 is 6.10 Å². The molecule has 0 aliphatic carbocycles. The van der Waals surface area contributed by atoms with E-state index >= 15 is 0 Å². The number of rotatable bonds is 4. The Morgan fingerprint density at radius 2 is 2.31 bits per heavy atom. The third kappa shape index (κ3) is 3.06. The molecule has 0 aliphatic rings. The van der Waals surface area contributed by atoms with E-state index in [1.54, 1.807) is 25.4 Å². The number of thiazole rings is 1. The monoisotopic (exact) mass is 201 g/mol. The molecule has 0 amide bonds. The Balaban J connectivity index is 2.58. The van der Waals surface area contributed by atoms with E-state index in [0.717, 1.165) is 17.1 Å². The van der Waals surface area contributed by atoms with Crippen molar-refractivity contribution in [3.63, 3.8) is 0 Å². The highest BCUT2D eigenvalue weighted by atomic mass is 32.1. The number of aromatic nitrogens is 1. The Morgan fingerprint density at radius 3 is 2.77 bits per heavy atom. The van der Waals surface area contributed by atoms with Crippen LogP contribution in [0.2, 0.25) is 0 Å². The minimum atomic E-state index is -0.470. The molecule has 1 aromatic heterocycles. The molecule has 1 heterocycles. The fraction of sp³-hybridized carbons (Fsp3) is 0.667. The van der Waals surface area contributed by atoms with Gasteiger partial charge in [0.15, 0.2) is 0 Å². The first-order valence-electron chi connectivity index (χ1n) is 4.28.